The topological polar surface area (TPSA) is 87.0 Å². The maximum absolute atomic E-state index is 12.4. The number of ketones is 1. The zero-order chi connectivity index (χ0) is 23.7. The second-order valence-corrected chi connectivity index (χ2v) is 9.97. The lowest BCUT2D eigenvalue weighted by molar-refractivity contribution is -0.384. The Bertz CT molecular complexity index is 1160. The second-order valence-electron chi connectivity index (χ2n) is 7.43. The van der Waals surface area contributed by atoms with E-state index < -0.39 is 16.6 Å². The summed E-state index contributed by atoms with van der Waals surface area (Å²) in [5.41, 5.74) is 1.27. The van der Waals surface area contributed by atoms with Crippen LogP contribution in [0.25, 0.3) is 0 Å². The first-order valence-corrected chi connectivity index (χ1v) is 12.2. The van der Waals surface area contributed by atoms with Gasteiger partial charge in [-0.1, -0.05) is 47.2 Å². The molecule has 0 atom stereocenters. The Labute approximate surface area is 209 Å². The lowest BCUT2D eigenvalue weighted by Crippen LogP contribution is -2.47. The van der Waals surface area contributed by atoms with Gasteiger partial charge in [0, 0.05) is 56.3 Å². The molecule has 2 aliphatic rings. The van der Waals surface area contributed by atoms with Crippen molar-refractivity contribution in [2.24, 2.45) is 0 Å². The number of carbonyl (C=O) groups excluding carboxylic acids is 2. The maximum Gasteiger partial charge on any atom is 0.299 e. The Morgan fingerprint density at radius 1 is 1.06 bits per heavy atom. The van der Waals surface area contributed by atoms with E-state index in [0.29, 0.717) is 21.5 Å². The largest absolute Gasteiger partial charge is 0.368 e. The number of hydrogen-bond acceptors (Lipinski definition) is 7. The average molecular weight is 525 g/mol. The molecule has 2 heterocycles. The Morgan fingerprint density at radius 2 is 1.79 bits per heavy atom. The second kappa shape index (κ2) is 9.84. The number of anilines is 2. The van der Waals surface area contributed by atoms with Gasteiger partial charge in [-0.05, 0) is 24.3 Å². The van der Waals surface area contributed by atoms with Gasteiger partial charge in [-0.25, -0.2) is 0 Å². The van der Waals surface area contributed by atoms with E-state index in [9.17, 15) is 19.7 Å². The van der Waals surface area contributed by atoms with E-state index >= 15 is 0 Å². The number of carbonyl (C=O) groups is 2. The third kappa shape index (κ3) is 4.93. The summed E-state index contributed by atoms with van der Waals surface area (Å²) in [4.78, 5) is 40.7. The van der Waals surface area contributed by atoms with Gasteiger partial charge in [0.15, 0.2) is 0 Å². The summed E-state index contributed by atoms with van der Waals surface area (Å²) < 4.78 is 0.727. The molecule has 0 spiro atoms. The molecule has 0 aromatic heterocycles. The van der Waals surface area contributed by atoms with Gasteiger partial charge in [0.05, 0.1) is 26.2 Å². The molecule has 1 saturated heterocycles. The summed E-state index contributed by atoms with van der Waals surface area (Å²) in [6, 6.07) is 9.48. The summed E-state index contributed by atoms with van der Waals surface area (Å²) in [7, 11) is 0. The van der Waals surface area contributed by atoms with Crippen LogP contribution in [-0.4, -0.2) is 64.3 Å². The van der Waals surface area contributed by atoms with E-state index in [1.807, 2.05) is 12.1 Å². The molecule has 1 amide bonds. The van der Waals surface area contributed by atoms with Crippen LogP contribution in [0.3, 0.4) is 0 Å². The number of non-ortho nitro benzene ring substituents is 1. The van der Waals surface area contributed by atoms with E-state index in [1.165, 1.54) is 28.8 Å². The van der Waals surface area contributed by atoms with Crippen molar-refractivity contribution >= 4 is 80.3 Å². The van der Waals surface area contributed by atoms with Crippen molar-refractivity contribution in [3.05, 3.63) is 62.1 Å². The van der Waals surface area contributed by atoms with Crippen LogP contribution in [0.1, 0.15) is 10.4 Å². The predicted molar refractivity (Wildman–Crippen MR) is 135 cm³/mol. The van der Waals surface area contributed by atoms with Crippen LogP contribution >= 0.6 is 47.2 Å². The van der Waals surface area contributed by atoms with Crippen molar-refractivity contribution in [1.82, 2.24) is 4.90 Å². The fourth-order valence-corrected chi connectivity index (χ4v) is 5.31. The van der Waals surface area contributed by atoms with Gasteiger partial charge in [0.2, 0.25) is 0 Å². The smallest absolute Gasteiger partial charge is 0.299 e. The molecule has 4 rings (SSSR count). The van der Waals surface area contributed by atoms with Gasteiger partial charge < -0.3 is 14.7 Å². The van der Waals surface area contributed by atoms with E-state index in [4.69, 9.17) is 35.4 Å². The molecule has 0 bridgehead atoms. The summed E-state index contributed by atoms with van der Waals surface area (Å²) in [6.07, 6.45) is 0. The first kappa shape index (κ1) is 23.7. The number of amides is 1. The number of halogens is 2. The molecule has 172 valence electrons. The number of thiocarbonyl (C=S) groups is 1. The van der Waals surface area contributed by atoms with Gasteiger partial charge in [-0.2, -0.15) is 0 Å². The van der Waals surface area contributed by atoms with Crippen molar-refractivity contribution in [2.75, 3.05) is 48.3 Å². The Morgan fingerprint density at radius 3 is 2.45 bits per heavy atom. The van der Waals surface area contributed by atoms with E-state index in [1.54, 1.807) is 6.07 Å². The van der Waals surface area contributed by atoms with Crippen molar-refractivity contribution in [3.8, 4) is 0 Å². The molecule has 33 heavy (non-hydrogen) atoms. The Hall–Kier alpha value is -2.40. The minimum absolute atomic E-state index is 0.0696. The molecule has 2 aromatic rings. The highest BCUT2D eigenvalue weighted by molar-refractivity contribution is 8.22. The van der Waals surface area contributed by atoms with Crippen LogP contribution in [0.2, 0.25) is 10.0 Å². The van der Waals surface area contributed by atoms with Crippen molar-refractivity contribution in [1.29, 1.82) is 0 Å². The van der Waals surface area contributed by atoms with Crippen molar-refractivity contribution < 1.29 is 14.5 Å². The minimum Gasteiger partial charge on any atom is -0.368 e. The standard InChI is InChI=1S/C21H18Cl2N4O4S2/c22-16-3-1-13(12-17(16)23)24-5-7-25(8-6-24)21(32)33-10-9-26-18-4-2-14(27(30)31)11-15(18)19(28)20(26)29/h1-4,11-12H,5-10H2. The minimum atomic E-state index is -0.722. The monoisotopic (exact) mass is 524 g/mol. The Balaban J connectivity index is 1.30. The quantitative estimate of drug-likeness (QED) is 0.248. The van der Waals surface area contributed by atoms with Gasteiger partial charge >= 0.3 is 0 Å². The van der Waals surface area contributed by atoms with Crippen LogP contribution in [0.15, 0.2) is 36.4 Å². The first-order chi connectivity index (χ1) is 15.8. The third-order valence-electron chi connectivity index (χ3n) is 5.51. The Kier molecular flexibility index (Phi) is 7.08. The summed E-state index contributed by atoms with van der Waals surface area (Å²) in [6.45, 7) is 3.34. The molecule has 12 heteroatoms. The lowest BCUT2D eigenvalue weighted by atomic mass is 10.1. The number of rotatable bonds is 5. The van der Waals surface area contributed by atoms with Crippen LogP contribution in [0, 0.1) is 10.1 Å². The van der Waals surface area contributed by atoms with E-state index in [2.05, 4.69) is 9.80 Å². The van der Waals surface area contributed by atoms with Crippen molar-refractivity contribution in [2.45, 2.75) is 0 Å². The number of benzene rings is 2. The molecule has 8 nitrogen and oxygen atoms in total. The number of Topliss-reactive ketones (excluding diaryl/α,β-unsaturated/α-hetero) is 1. The van der Waals surface area contributed by atoms with Crippen molar-refractivity contribution in [3.63, 3.8) is 0 Å². The highest BCUT2D eigenvalue weighted by atomic mass is 35.5. The molecule has 0 radical (unpaired) electrons. The first-order valence-electron chi connectivity index (χ1n) is 10.0. The highest BCUT2D eigenvalue weighted by Crippen LogP contribution is 2.32. The molecule has 0 N–H and O–H groups in total. The summed E-state index contributed by atoms with van der Waals surface area (Å²) in [5.74, 6) is -0.895. The fourth-order valence-electron chi connectivity index (χ4n) is 3.77. The molecule has 2 aromatic carbocycles. The van der Waals surface area contributed by atoms with Crippen LogP contribution in [0.4, 0.5) is 17.1 Å². The third-order valence-corrected chi connectivity index (χ3v) is 7.76. The van der Waals surface area contributed by atoms with E-state index in [0.717, 1.165) is 42.3 Å². The van der Waals surface area contributed by atoms with Crippen LogP contribution in [0.5, 0.6) is 0 Å². The maximum atomic E-state index is 12.4. The van der Waals surface area contributed by atoms with Gasteiger partial charge in [-0.15, -0.1) is 0 Å². The summed E-state index contributed by atoms with van der Waals surface area (Å²) >= 11 is 19.1. The lowest BCUT2D eigenvalue weighted by Gasteiger charge is -2.37. The predicted octanol–water partition coefficient (Wildman–Crippen LogP) is 4.27. The van der Waals surface area contributed by atoms with E-state index in [-0.39, 0.29) is 17.8 Å². The highest BCUT2D eigenvalue weighted by Gasteiger charge is 2.36. The number of nitrogens with zero attached hydrogens (tertiary/aromatic N) is 4. The fraction of sp³-hybridized carbons (Fsp3) is 0.286. The van der Waals surface area contributed by atoms with Gasteiger partial charge in [0.1, 0.15) is 4.32 Å². The molecule has 0 aliphatic carbocycles. The number of fused-ring (bicyclic) bond motifs is 1. The van der Waals surface area contributed by atoms with Crippen LogP contribution < -0.4 is 9.80 Å². The number of hydrogen-bond donors (Lipinski definition) is 0. The van der Waals surface area contributed by atoms with Gasteiger partial charge in [-0.3, -0.25) is 19.7 Å². The molecular weight excluding hydrogens is 507 g/mol. The molecule has 1 fully saturated rings. The zero-order valence-electron chi connectivity index (χ0n) is 17.2. The zero-order valence-corrected chi connectivity index (χ0v) is 20.3. The number of nitro groups is 1. The number of piperazine rings is 1. The number of nitro benzene ring substituents is 1. The molecule has 0 unspecified atom stereocenters. The molecule has 2 aliphatic heterocycles. The molecular formula is C21H18Cl2N4O4S2. The average Bonchev–Trinajstić information content (AvgIpc) is 3.05. The van der Waals surface area contributed by atoms with Gasteiger partial charge in [0.25, 0.3) is 17.4 Å². The SMILES string of the molecule is O=C1C(=O)N(CCSC(=S)N2CCN(c3ccc(Cl)c(Cl)c3)CC2)c2ccc([N+](=O)[O-])cc21. The van der Waals surface area contributed by atoms with Crippen LogP contribution in [-0.2, 0) is 4.79 Å². The normalized spacial score (nSPS) is 15.8. The molecule has 0 saturated carbocycles. The summed E-state index contributed by atoms with van der Waals surface area (Å²) in [5, 5.41) is 12.0. The number of thioether (sulfide) groups is 1.